The lowest BCUT2D eigenvalue weighted by molar-refractivity contribution is 0.0952. The molecule has 5 heteroatoms. The van der Waals surface area contributed by atoms with Crippen molar-refractivity contribution in [2.45, 2.75) is 26.2 Å². The largest absolute Gasteiger partial charge is 0.507 e. The van der Waals surface area contributed by atoms with Crippen molar-refractivity contribution in [2.75, 3.05) is 0 Å². The molecule has 0 unspecified atom stereocenters. The average molecular weight is 331 g/mol. The smallest absolute Gasteiger partial charge is 0.275 e. The minimum absolute atomic E-state index is 0.101. The first-order valence-electron chi connectivity index (χ1n) is 7.52. The molecule has 0 aromatic heterocycles. The standard InChI is InChI=1S/C18H19ClN2O2/c1-2-3-9-16(13-7-5-4-6-8-13)20-21-18(23)15-12-14(19)10-11-17(15)22/h4-8,10-12,22H,2-3,9H2,1H3,(H,21,23). The predicted molar refractivity (Wildman–Crippen MR) is 93.1 cm³/mol. The summed E-state index contributed by atoms with van der Waals surface area (Å²) in [5, 5.41) is 14.4. The van der Waals surface area contributed by atoms with Gasteiger partial charge in [0.05, 0.1) is 11.3 Å². The molecule has 0 aliphatic rings. The van der Waals surface area contributed by atoms with E-state index in [1.165, 1.54) is 18.2 Å². The van der Waals surface area contributed by atoms with Crippen LogP contribution in [0.25, 0.3) is 0 Å². The number of aromatic hydroxyl groups is 1. The Labute approximate surface area is 140 Å². The lowest BCUT2D eigenvalue weighted by Crippen LogP contribution is -2.20. The van der Waals surface area contributed by atoms with Gasteiger partial charge in [0.25, 0.3) is 5.91 Å². The second-order valence-electron chi connectivity index (χ2n) is 5.13. The molecule has 2 aromatic rings. The summed E-state index contributed by atoms with van der Waals surface area (Å²) in [6.45, 7) is 2.10. The van der Waals surface area contributed by atoms with Crippen LogP contribution in [0.2, 0.25) is 5.02 Å². The van der Waals surface area contributed by atoms with Crippen LogP contribution in [0.15, 0.2) is 53.6 Å². The van der Waals surface area contributed by atoms with Crippen molar-refractivity contribution in [1.29, 1.82) is 0 Å². The summed E-state index contributed by atoms with van der Waals surface area (Å²) < 4.78 is 0. The summed E-state index contributed by atoms with van der Waals surface area (Å²) in [5.41, 5.74) is 4.38. The fourth-order valence-corrected chi connectivity index (χ4v) is 2.28. The minimum atomic E-state index is -0.491. The van der Waals surface area contributed by atoms with Crippen LogP contribution in [0.3, 0.4) is 0 Å². The first-order valence-corrected chi connectivity index (χ1v) is 7.90. The first-order chi connectivity index (χ1) is 11.1. The molecule has 120 valence electrons. The molecule has 0 bridgehead atoms. The number of nitrogens with zero attached hydrogens (tertiary/aromatic N) is 1. The van der Waals surface area contributed by atoms with E-state index in [-0.39, 0.29) is 11.3 Å². The molecule has 0 spiro atoms. The van der Waals surface area contributed by atoms with E-state index in [9.17, 15) is 9.90 Å². The van der Waals surface area contributed by atoms with Crippen molar-refractivity contribution >= 4 is 23.2 Å². The number of amides is 1. The Morgan fingerprint density at radius 2 is 1.96 bits per heavy atom. The number of rotatable bonds is 6. The van der Waals surface area contributed by atoms with Crippen LogP contribution in [0.5, 0.6) is 5.75 Å². The van der Waals surface area contributed by atoms with E-state index >= 15 is 0 Å². The van der Waals surface area contributed by atoms with E-state index in [0.717, 1.165) is 30.5 Å². The van der Waals surface area contributed by atoms with Crippen LogP contribution in [-0.4, -0.2) is 16.7 Å². The van der Waals surface area contributed by atoms with Gasteiger partial charge in [0.2, 0.25) is 0 Å². The molecule has 0 fully saturated rings. The Balaban J connectivity index is 2.19. The Hall–Kier alpha value is -2.33. The summed E-state index contributed by atoms with van der Waals surface area (Å²) in [6.07, 6.45) is 2.78. The minimum Gasteiger partial charge on any atom is -0.507 e. The summed E-state index contributed by atoms with van der Waals surface area (Å²) in [6, 6.07) is 14.0. The highest BCUT2D eigenvalue weighted by Gasteiger charge is 2.12. The van der Waals surface area contributed by atoms with Crippen molar-refractivity contribution < 1.29 is 9.90 Å². The lowest BCUT2D eigenvalue weighted by atomic mass is 10.1. The summed E-state index contributed by atoms with van der Waals surface area (Å²) in [7, 11) is 0. The Kier molecular flexibility index (Phi) is 6.18. The van der Waals surface area contributed by atoms with Gasteiger partial charge in [-0.2, -0.15) is 5.10 Å². The highest BCUT2D eigenvalue weighted by atomic mass is 35.5. The highest BCUT2D eigenvalue weighted by Crippen LogP contribution is 2.21. The Morgan fingerprint density at radius 3 is 2.65 bits per heavy atom. The summed E-state index contributed by atoms with van der Waals surface area (Å²) >= 11 is 5.86. The van der Waals surface area contributed by atoms with Crippen molar-refractivity contribution in [3.8, 4) is 5.75 Å². The fourth-order valence-electron chi connectivity index (χ4n) is 2.11. The third kappa shape index (κ3) is 4.83. The molecular formula is C18H19ClN2O2. The summed E-state index contributed by atoms with van der Waals surface area (Å²) in [5.74, 6) is -0.619. The molecule has 1 amide bonds. The van der Waals surface area contributed by atoms with E-state index in [1.807, 2.05) is 30.3 Å². The number of unbranched alkanes of at least 4 members (excludes halogenated alkanes) is 1. The maximum atomic E-state index is 12.2. The van der Waals surface area contributed by atoms with Crippen LogP contribution in [-0.2, 0) is 0 Å². The van der Waals surface area contributed by atoms with Gasteiger partial charge in [-0.25, -0.2) is 5.43 Å². The van der Waals surface area contributed by atoms with Gasteiger partial charge in [0, 0.05) is 5.02 Å². The number of halogens is 1. The van der Waals surface area contributed by atoms with Crippen LogP contribution < -0.4 is 5.43 Å². The number of hydrogen-bond donors (Lipinski definition) is 2. The zero-order valence-corrected chi connectivity index (χ0v) is 13.7. The number of benzene rings is 2. The van der Waals surface area contributed by atoms with Crippen LogP contribution in [0, 0.1) is 0 Å². The number of carbonyl (C=O) groups excluding carboxylic acids is 1. The van der Waals surface area contributed by atoms with E-state index < -0.39 is 5.91 Å². The van der Waals surface area contributed by atoms with Gasteiger partial charge in [0.15, 0.2) is 0 Å². The maximum absolute atomic E-state index is 12.2. The number of phenols is 1. The molecular weight excluding hydrogens is 312 g/mol. The SMILES string of the molecule is CCCCC(=NNC(=O)c1cc(Cl)ccc1O)c1ccccc1. The molecule has 0 aliphatic heterocycles. The monoisotopic (exact) mass is 330 g/mol. The number of phenolic OH excluding ortho intramolecular Hbond substituents is 1. The molecule has 2 aromatic carbocycles. The summed E-state index contributed by atoms with van der Waals surface area (Å²) in [4.78, 5) is 12.2. The molecule has 2 N–H and O–H groups in total. The topological polar surface area (TPSA) is 61.7 Å². The van der Waals surface area contributed by atoms with Gasteiger partial charge in [0.1, 0.15) is 5.75 Å². The van der Waals surface area contributed by atoms with Crippen molar-refractivity contribution in [3.63, 3.8) is 0 Å². The third-order valence-corrected chi connectivity index (χ3v) is 3.60. The predicted octanol–water partition coefficient (Wildman–Crippen LogP) is 4.37. The molecule has 0 atom stereocenters. The second kappa shape index (κ2) is 8.34. The molecule has 4 nitrogen and oxygen atoms in total. The Bertz CT molecular complexity index is 699. The highest BCUT2D eigenvalue weighted by molar-refractivity contribution is 6.31. The maximum Gasteiger partial charge on any atom is 0.275 e. The molecule has 0 saturated carbocycles. The fraction of sp³-hybridized carbons (Fsp3) is 0.222. The quantitative estimate of drug-likeness (QED) is 0.610. The molecule has 0 saturated heterocycles. The van der Waals surface area contributed by atoms with E-state index in [4.69, 9.17) is 11.6 Å². The van der Waals surface area contributed by atoms with Gasteiger partial charge < -0.3 is 5.11 Å². The van der Waals surface area contributed by atoms with Gasteiger partial charge in [-0.1, -0.05) is 55.3 Å². The number of hydrazone groups is 1. The number of hydrogen-bond acceptors (Lipinski definition) is 3. The molecule has 2 rings (SSSR count). The van der Waals surface area contributed by atoms with E-state index in [1.54, 1.807) is 0 Å². The molecule has 23 heavy (non-hydrogen) atoms. The zero-order chi connectivity index (χ0) is 16.7. The van der Waals surface area contributed by atoms with Gasteiger partial charge in [-0.05, 0) is 36.6 Å². The van der Waals surface area contributed by atoms with Crippen LogP contribution in [0.4, 0.5) is 0 Å². The van der Waals surface area contributed by atoms with Gasteiger partial charge in [-0.3, -0.25) is 4.79 Å². The molecule has 0 radical (unpaired) electrons. The normalized spacial score (nSPS) is 11.3. The van der Waals surface area contributed by atoms with Crippen molar-refractivity contribution in [2.24, 2.45) is 5.10 Å². The third-order valence-electron chi connectivity index (χ3n) is 3.37. The second-order valence-corrected chi connectivity index (χ2v) is 5.57. The zero-order valence-electron chi connectivity index (χ0n) is 12.9. The molecule has 0 aliphatic carbocycles. The Morgan fingerprint density at radius 1 is 1.22 bits per heavy atom. The van der Waals surface area contributed by atoms with Crippen molar-refractivity contribution in [1.82, 2.24) is 5.43 Å². The van der Waals surface area contributed by atoms with E-state index in [2.05, 4.69) is 17.5 Å². The first kappa shape index (κ1) is 17.0. The van der Waals surface area contributed by atoms with Crippen LogP contribution >= 0.6 is 11.6 Å². The number of carbonyl (C=O) groups is 1. The lowest BCUT2D eigenvalue weighted by Gasteiger charge is -2.08. The van der Waals surface area contributed by atoms with Crippen LogP contribution in [0.1, 0.15) is 42.1 Å². The van der Waals surface area contributed by atoms with Gasteiger partial charge in [-0.15, -0.1) is 0 Å². The average Bonchev–Trinajstić information content (AvgIpc) is 2.57. The van der Waals surface area contributed by atoms with Crippen molar-refractivity contribution in [3.05, 3.63) is 64.7 Å². The molecule has 0 heterocycles. The van der Waals surface area contributed by atoms with Gasteiger partial charge >= 0.3 is 0 Å². The number of nitrogens with one attached hydrogen (secondary N) is 1. The van der Waals surface area contributed by atoms with E-state index in [0.29, 0.717) is 5.02 Å².